The highest BCUT2D eigenvalue weighted by atomic mass is 16.1. The van der Waals surface area contributed by atoms with Crippen LogP contribution in [0.15, 0.2) is 18.2 Å². The molecule has 4 heteroatoms. The smallest absolute Gasteiger partial charge is 0.251 e. The quantitative estimate of drug-likeness (QED) is 0.721. The van der Waals surface area contributed by atoms with Crippen molar-refractivity contribution in [2.45, 2.75) is 46.2 Å². The summed E-state index contributed by atoms with van der Waals surface area (Å²) in [7, 11) is 0. The van der Waals surface area contributed by atoms with E-state index in [0.717, 1.165) is 5.69 Å². The van der Waals surface area contributed by atoms with E-state index in [-0.39, 0.29) is 17.5 Å². The highest BCUT2D eigenvalue weighted by molar-refractivity contribution is 5.96. The molecule has 1 aromatic carbocycles. The van der Waals surface area contributed by atoms with E-state index in [4.69, 9.17) is 5.73 Å². The predicted molar refractivity (Wildman–Crippen MR) is 76.8 cm³/mol. The summed E-state index contributed by atoms with van der Waals surface area (Å²) < 4.78 is 0. The number of nitrogens with one attached hydrogen (secondary N) is 2. The molecule has 1 amide bonds. The summed E-state index contributed by atoms with van der Waals surface area (Å²) in [4.78, 5) is 11.8. The van der Waals surface area contributed by atoms with Crippen molar-refractivity contribution < 1.29 is 4.79 Å². The zero-order chi connectivity index (χ0) is 13.9. The molecule has 0 aromatic heterocycles. The lowest BCUT2D eigenvalue weighted by molar-refractivity contribution is 0.0943. The Hall–Kier alpha value is -1.71. The Morgan fingerprint density at radius 2 is 1.89 bits per heavy atom. The molecule has 0 fully saturated rings. The van der Waals surface area contributed by atoms with Crippen LogP contribution in [0.5, 0.6) is 0 Å². The fourth-order valence-corrected chi connectivity index (χ4v) is 1.57. The van der Waals surface area contributed by atoms with Gasteiger partial charge < -0.3 is 16.4 Å². The second kappa shape index (κ2) is 5.29. The Morgan fingerprint density at radius 1 is 1.28 bits per heavy atom. The molecule has 0 atom stereocenters. The second-order valence-corrected chi connectivity index (χ2v) is 5.81. The molecular weight excluding hydrogens is 226 g/mol. The van der Waals surface area contributed by atoms with Gasteiger partial charge in [0.05, 0.1) is 11.4 Å². The van der Waals surface area contributed by atoms with Crippen molar-refractivity contribution in [1.29, 1.82) is 0 Å². The zero-order valence-electron chi connectivity index (χ0n) is 11.8. The van der Waals surface area contributed by atoms with Crippen LogP contribution in [-0.2, 0) is 0 Å². The molecule has 1 rings (SSSR count). The van der Waals surface area contributed by atoms with Crippen LogP contribution in [0.4, 0.5) is 11.4 Å². The molecule has 100 valence electrons. The summed E-state index contributed by atoms with van der Waals surface area (Å²) >= 11 is 0. The van der Waals surface area contributed by atoms with Gasteiger partial charge in [-0.15, -0.1) is 0 Å². The van der Waals surface area contributed by atoms with Crippen LogP contribution in [0.25, 0.3) is 0 Å². The van der Waals surface area contributed by atoms with E-state index in [0.29, 0.717) is 11.3 Å². The van der Waals surface area contributed by atoms with Crippen LogP contribution in [0.1, 0.15) is 45.0 Å². The van der Waals surface area contributed by atoms with Gasteiger partial charge in [-0.1, -0.05) is 0 Å². The van der Waals surface area contributed by atoms with Gasteiger partial charge in [0.25, 0.3) is 5.91 Å². The monoisotopic (exact) mass is 249 g/mol. The minimum absolute atomic E-state index is 0.0597. The summed E-state index contributed by atoms with van der Waals surface area (Å²) in [5, 5.41) is 6.14. The average molecular weight is 249 g/mol. The van der Waals surface area contributed by atoms with Gasteiger partial charge in [0.15, 0.2) is 0 Å². The molecule has 4 nitrogen and oxygen atoms in total. The van der Waals surface area contributed by atoms with Crippen molar-refractivity contribution in [3.63, 3.8) is 0 Å². The highest BCUT2D eigenvalue weighted by Gasteiger charge is 2.13. The molecule has 0 unspecified atom stereocenters. The standard InChI is InChI=1S/C14H23N3O/c1-9(2)16-13(18)10-6-7-12(11(15)8-10)17-14(3,4)5/h6-9,17H,15H2,1-5H3,(H,16,18). The number of carbonyl (C=O) groups is 1. The van der Waals surface area contributed by atoms with Crippen LogP contribution in [-0.4, -0.2) is 17.5 Å². The Labute approximate surface area is 109 Å². The minimum Gasteiger partial charge on any atom is -0.397 e. The Kier molecular flexibility index (Phi) is 4.22. The topological polar surface area (TPSA) is 67.2 Å². The van der Waals surface area contributed by atoms with Gasteiger partial charge in [0, 0.05) is 17.1 Å². The van der Waals surface area contributed by atoms with Gasteiger partial charge >= 0.3 is 0 Å². The van der Waals surface area contributed by atoms with Crippen LogP contribution < -0.4 is 16.4 Å². The first kappa shape index (κ1) is 14.4. The van der Waals surface area contributed by atoms with Crippen molar-refractivity contribution in [2.24, 2.45) is 0 Å². The number of anilines is 2. The largest absolute Gasteiger partial charge is 0.397 e. The van der Waals surface area contributed by atoms with E-state index in [1.165, 1.54) is 0 Å². The van der Waals surface area contributed by atoms with E-state index < -0.39 is 0 Å². The number of benzene rings is 1. The summed E-state index contributed by atoms with van der Waals surface area (Å²) in [5.41, 5.74) is 7.91. The van der Waals surface area contributed by atoms with Crippen molar-refractivity contribution in [2.75, 3.05) is 11.1 Å². The fraction of sp³-hybridized carbons (Fsp3) is 0.500. The summed E-state index contributed by atoms with van der Waals surface area (Å²) in [6.07, 6.45) is 0. The molecule has 0 aliphatic carbocycles. The molecule has 4 N–H and O–H groups in total. The molecule has 0 heterocycles. The summed E-state index contributed by atoms with van der Waals surface area (Å²) in [5.74, 6) is -0.0981. The first-order valence-electron chi connectivity index (χ1n) is 6.17. The van der Waals surface area contributed by atoms with Crippen molar-refractivity contribution in [1.82, 2.24) is 5.32 Å². The Morgan fingerprint density at radius 3 is 2.33 bits per heavy atom. The normalized spacial score (nSPS) is 11.4. The predicted octanol–water partition coefficient (Wildman–Crippen LogP) is 2.62. The molecule has 0 bridgehead atoms. The lowest BCUT2D eigenvalue weighted by Gasteiger charge is -2.23. The first-order chi connectivity index (χ1) is 8.19. The number of hydrogen-bond donors (Lipinski definition) is 3. The number of carbonyl (C=O) groups excluding carboxylic acids is 1. The van der Waals surface area contributed by atoms with Crippen molar-refractivity contribution >= 4 is 17.3 Å². The molecular formula is C14H23N3O. The van der Waals surface area contributed by atoms with Gasteiger partial charge in [-0.2, -0.15) is 0 Å². The number of nitrogens with two attached hydrogens (primary N) is 1. The van der Waals surface area contributed by atoms with Gasteiger partial charge in [-0.05, 0) is 52.8 Å². The van der Waals surface area contributed by atoms with Crippen LogP contribution >= 0.6 is 0 Å². The van der Waals surface area contributed by atoms with Gasteiger partial charge in [-0.3, -0.25) is 4.79 Å². The lowest BCUT2D eigenvalue weighted by atomic mass is 10.1. The van der Waals surface area contributed by atoms with E-state index in [2.05, 4.69) is 31.4 Å². The maximum absolute atomic E-state index is 11.8. The molecule has 1 aromatic rings. The third-order valence-corrected chi connectivity index (χ3v) is 2.24. The summed E-state index contributed by atoms with van der Waals surface area (Å²) in [6.45, 7) is 10.0. The van der Waals surface area contributed by atoms with Crippen LogP contribution in [0.2, 0.25) is 0 Å². The highest BCUT2D eigenvalue weighted by Crippen LogP contribution is 2.23. The number of amides is 1. The third-order valence-electron chi connectivity index (χ3n) is 2.24. The van der Waals surface area contributed by atoms with Crippen LogP contribution in [0, 0.1) is 0 Å². The molecule has 18 heavy (non-hydrogen) atoms. The molecule has 0 spiro atoms. The van der Waals surface area contributed by atoms with Gasteiger partial charge in [0.1, 0.15) is 0 Å². The number of hydrogen-bond acceptors (Lipinski definition) is 3. The van der Waals surface area contributed by atoms with Gasteiger partial charge in [-0.25, -0.2) is 0 Å². The fourth-order valence-electron chi connectivity index (χ4n) is 1.57. The first-order valence-corrected chi connectivity index (χ1v) is 6.17. The van der Waals surface area contributed by atoms with E-state index in [1.807, 2.05) is 19.9 Å². The van der Waals surface area contributed by atoms with Crippen molar-refractivity contribution in [3.05, 3.63) is 23.8 Å². The molecule has 0 radical (unpaired) electrons. The van der Waals surface area contributed by atoms with Crippen LogP contribution in [0.3, 0.4) is 0 Å². The average Bonchev–Trinajstić information content (AvgIpc) is 2.18. The number of nitrogen functional groups attached to an aromatic ring is 1. The molecule has 0 saturated heterocycles. The SMILES string of the molecule is CC(C)NC(=O)c1ccc(NC(C)(C)C)c(N)c1. The van der Waals surface area contributed by atoms with E-state index in [1.54, 1.807) is 12.1 Å². The molecule has 0 aliphatic heterocycles. The molecule has 0 saturated carbocycles. The van der Waals surface area contributed by atoms with Crippen molar-refractivity contribution in [3.8, 4) is 0 Å². The maximum Gasteiger partial charge on any atom is 0.251 e. The van der Waals surface area contributed by atoms with E-state index in [9.17, 15) is 4.79 Å². The summed E-state index contributed by atoms with van der Waals surface area (Å²) in [6, 6.07) is 5.44. The molecule has 0 aliphatic rings. The third kappa shape index (κ3) is 4.28. The maximum atomic E-state index is 11.8. The number of rotatable bonds is 3. The van der Waals surface area contributed by atoms with Gasteiger partial charge in [0.2, 0.25) is 0 Å². The second-order valence-electron chi connectivity index (χ2n) is 5.81. The zero-order valence-corrected chi connectivity index (χ0v) is 11.8. The Bertz CT molecular complexity index is 433. The van der Waals surface area contributed by atoms with E-state index >= 15 is 0 Å². The Balaban J connectivity index is 2.89. The lowest BCUT2D eigenvalue weighted by Crippen LogP contribution is -2.30. The minimum atomic E-state index is -0.0981.